The summed E-state index contributed by atoms with van der Waals surface area (Å²) >= 11 is 0. The Morgan fingerprint density at radius 2 is 1.60 bits per heavy atom. The second kappa shape index (κ2) is 7.54. The molecular formula is C18H13F3N2O6S. The smallest absolute Gasteiger partial charge is 0.328 e. The van der Waals surface area contributed by atoms with Crippen LogP contribution in [0, 0.1) is 0 Å². The Hall–Kier alpha value is -3.25. The number of nitrogens with one attached hydrogen (secondary N) is 1. The van der Waals surface area contributed by atoms with Gasteiger partial charge < -0.3 is 4.84 Å². The first-order chi connectivity index (χ1) is 13.9. The molecule has 158 valence electrons. The SMILES string of the molecule is CC(NS(=O)(=O)c1cccc(C(F)(F)F)c1)C(=O)ON1C(=O)c2ccccc2C1=O. The molecule has 1 heterocycles. The number of fused-ring (bicyclic) bond motifs is 1. The average molecular weight is 442 g/mol. The summed E-state index contributed by atoms with van der Waals surface area (Å²) in [5, 5.41) is 0.197. The van der Waals surface area contributed by atoms with E-state index in [0.717, 1.165) is 19.1 Å². The summed E-state index contributed by atoms with van der Waals surface area (Å²) in [5.74, 6) is -3.12. The first-order valence-electron chi connectivity index (χ1n) is 8.31. The van der Waals surface area contributed by atoms with E-state index in [1.807, 2.05) is 4.72 Å². The van der Waals surface area contributed by atoms with Gasteiger partial charge in [-0.25, -0.2) is 13.2 Å². The number of carbonyl (C=O) groups is 3. The average Bonchev–Trinajstić information content (AvgIpc) is 2.92. The lowest BCUT2D eigenvalue weighted by atomic mass is 10.1. The molecule has 3 rings (SSSR count). The molecule has 0 saturated carbocycles. The van der Waals surface area contributed by atoms with Crippen LogP contribution in [-0.2, 0) is 25.8 Å². The van der Waals surface area contributed by atoms with Crippen LogP contribution in [0.2, 0.25) is 0 Å². The van der Waals surface area contributed by atoms with E-state index in [1.54, 1.807) is 0 Å². The maximum Gasteiger partial charge on any atom is 0.416 e. The zero-order chi connectivity index (χ0) is 22.3. The summed E-state index contributed by atoms with van der Waals surface area (Å²) in [6, 6.07) is 7.01. The van der Waals surface area contributed by atoms with Crippen molar-refractivity contribution in [3.05, 3.63) is 65.2 Å². The number of amides is 2. The monoisotopic (exact) mass is 442 g/mol. The number of imide groups is 1. The highest BCUT2D eigenvalue weighted by Crippen LogP contribution is 2.30. The van der Waals surface area contributed by atoms with Gasteiger partial charge in [-0.1, -0.05) is 23.3 Å². The largest absolute Gasteiger partial charge is 0.416 e. The van der Waals surface area contributed by atoms with E-state index >= 15 is 0 Å². The van der Waals surface area contributed by atoms with Crippen molar-refractivity contribution in [1.82, 2.24) is 9.79 Å². The Labute approximate surface area is 168 Å². The molecule has 30 heavy (non-hydrogen) atoms. The van der Waals surface area contributed by atoms with Crippen LogP contribution in [0.1, 0.15) is 33.2 Å². The van der Waals surface area contributed by atoms with Gasteiger partial charge in [0.1, 0.15) is 6.04 Å². The summed E-state index contributed by atoms with van der Waals surface area (Å²) in [5.41, 5.74) is -1.17. The highest BCUT2D eigenvalue weighted by atomic mass is 32.2. The number of hydrogen-bond acceptors (Lipinski definition) is 6. The Morgan fingerprint density at radius 3 is 2.13 bits per heavy atom. The molecule has 0 saturated heterocycles. The van der Waals surface area contributed by atoms with Crippen molar-refractivity contribution in [2.24, 2.45) is 0 Å². The van der Waals surface area contributed by atoms with Gasteiger partial charge in [0.15, 0.2) is 0 Å². The molecule has 1 unspecified atom stereocenters. The quantitative estimate of drug-likeness (QED) is 0.711. The van der Waals surface area contributed by atoms with Crippen molar-refractivity contribution in [1.29, 1.82) is 0 Å². The predicted octanol–water partition coefficient (Wildman–Crippen LogP) is 2.13. The van der Waals surface area contributed by atoms with Gasteiger partial charge in [0.25, 0.3) is 11.8 Å². The van der Waals surface area contributed by atoms with Crippen LogP contribution < -0.4 is 4.72 Å². The molecule has 0 bridgehead atoms. The number of hydrogen-bond donors (Lipinski definition) is 1. The van der Waals surface area contributed by atoms with E-state index in [1.165, 1.54) is 24.3 Å². The lowest BCUT2D eigenvalue weighted by Crippen LogP contribution is -2.43. The number of carbonyl (C=O) groups excluding carboxylic acids is 3. The van der Waals surface area contributed by atoms with Crippen molar-refractivity contribution in [2.75, 3.05) is 0 Å². The molecule has 1 atom stereocenters. The van der Waals surface area contributed by atoms with Gasteiger partial charge >= 0.3 is 12.1 Å². The first kappa shape index (κ1) is 21.5. The van der Waals surface area contributed by atoms with Crippen LogP contribution in [-0.4, -0.2) is 37.3 Å². The Kier molecular flexibility index (Phi) is 5.39. The maximum atomic E-state index is 12.8. The van der Waals surface area contributed by atoms with E-state index in [-0.39, 0.29) is 16.2 Å². The molecule has 8 nitrogen and oxygen atoms in total. The third-order valence-corrected chi connectivity index (χ3v) is 5.63. The van der Waals surface area contributed by atoms with Gasteiger partial charge in [0, 0.05) is 0 Å². The molecule has 1 aliphatic rings. The number of rotatable bonds is 5. The predicted molar refractivity (Wildman–Crippen MR) is 94.3 cm³/mol. The molecule has 0 fully saturated rings. The Morgan fingerprint density at radius 1 is 1.03 bits per heavy atom. The fourth-order valence-corrected chi connectivity index (χ4v) is 3.85. The highest BCUT2D eigenvalue weighted by Gasteiger charge is 2.40. The third kappa shape index (κ3) is 4.04. The van der Waals surface area contributed by atoms with Crippen LogP contribution in [0.4, 0.5) is 13.2 Å². The number of halogens is 3. The van der Waals surface area contributed by atoms with Crippen molar-refractivity contribution in [3.63, 3.8) is 0 Å². The van der Waals surface area contributed by atoms with Crippen molar-refractivity contribution in [3.8, 4) is 0 Å². The van der Waals surface area contributed by atoms with Gasteiger partial charge in [0.2, 0.25) is 10.0 Å². The lowest BCUT2D eigenvalue weighted by Gasteiger charge is -2.17. The summed E-state index contributed by atoms with van der Waals surface area (Å²) in [4.78, 5) is 40.6. The second-order valence-corrected chi connectivity index (χ2v) is 7.94. The van der Waals surface area contributed by atoms with Crippen LogP contribution in [0.3, 0.4) is 0 Å². The minimum Gasteiger partial charge on any atom is -0.328 e. The summed E-state index contributed by atoms with van der Waals surface area (Å²) in [6.45, 7) is 1.05. The summed E-state index contributed by atoms with van der Waals surface area (Å²) in [7, 11) is -4.54. The van der Waals surface area contributed by atoms with Gasteiger partial charge in [-0.3, -0.25) is 9.59 Å². The molecule has 12 heteroatoms. The molecule has 2 amide bonds. The van der Waals surface area contributed by atoms with Crippen LogP contribution in [0.15, 0.2) is 53.4 Å². The molecule has 0 aromatic heterocycles. The number of nitrogens with zero attached hydrogens (tertiary/aromatic N) is 1. The highest BCUT2D eigenvalue weighted by molar-refractivity contribution is 7.89. The van der Waals surface area contributed by atoms with E-state index in [4.69, 9.17) is 4.84 Å². The molecule has 0 radical (unpaired) electrons. The van der Waals surface area contributed by atoms with Crippen LogP contribution in [0.25, 0.3) is 0 Å². The van der Waals surface area contributed by atoms with Crippen molar-refractivity contribution in [2.45, 2.75) is 24.0 Å². The molecule has 1 aliphatic heterocycles. The first-order valence-corrected chi connectivity index (χ1v) is 9.79. The molecule has 2 aromatic carbocycles. The zero-order valence-corrected chi connectivity index (χ0v) is 16.0. The second-order valence-electron chi connectivity index (χ2n) is 6.23. The maximum absolute atomic E-state index is 12.8. The van der Waals surface area contributed by atoms with Crippen molar-refractivity contribution >= 4 is 27.8 Å². The number of hydroxylamine groups is 2. The molecule has 2 aromatic rings. The molecule has 1 N–H and O–H groups in total. The fraction of sp³-hybridized carbons (Fsp3) is 0.167. The molecular weight excluding hydrogens is 429 g/mol. The Balaban J connectivity index is 1.73. The summed E-state index contributed by atoms with van der Waals surface area (Å²) < 4.78 is 64.9. The van der Waals surface area contributed by atoms with Gasteiger partial charge in [0.05, 0.1) is 21.6 Å². The van der Waals surface area contributed by atoms with Gasteiger partial charge in [-0.15, -0.1) is 0 Å². The fourth-order valence-electron chi connectivity index (χ4n) is 2.61. The van der Waals surface area contributed by atoms with Crippen molar-refractivity contribution < 1.29 is 40.8 Å². The minimum absolute atomic E-state index is 0.00694. The number of sulfonamides is 1. The van der Waals surface area contributed by atoms with Gasteiger partial charge in [-0.05, 0) is 37.3 Å². The zero-order valence-electron chi connectivity index (χ0n) is 15.1. The van der Waals surface area contributed by atoms with E-state index in [0.29, 0.717) is 12.1 Å². The topological polar surface area (TPSA) is 110 Å². The number of alkyl halides is 3. The van der Waals surface area contributed by atoms with E-state index < -0.39 is 50.5 Å². The minimum atomic E-state index is -4.76. The van der Waals surface area contributed by atoms with E-state index in [2.05, 4.69) is 0 Å². The normalized spacial score (nSPS) is 15.1. The van der Waals surface area contributed by atoms with Crippen LogP contribution in [0.5, 0.6) is 0 Å². The summed E-state index contributed by atoms with van der Waals surface area (Å²) in [6.07, 6.45) is -4.76. The standard InChI is InChI=1S/C18H13F3N2O6S/c1-10(22-30(27,28)12-6-4-5-11(9-12)18(19,20)21)17(26)29-23-15(24)13-7-2-3-8-14(13)16(23)25/h2-10,22H,1H3. The molecule has 0 spiro atoms. The Bertz CT molecular complexity index is 1110. The van der Waals surface area contributed by atoms with Crippen LogP contribution >= 0.6 is 0 Å². The van der Waals surface area contributed by atoms with E-state index in [9.17, 15) is 36.0 Å². The van der Waals surface area contributed by atoms with Gasteiger partial charge in [-0.2, -0.15) is 17.9 Å². The third-order valence-electron chi connectivity index (χ3n) is 4.10. The molecule has 0 aliphatic carbocycles. The lowest BCUT2D eigenvalue weighted by molar-refractivity contribution is -0.170. The number of benzene rings is 2.